The van der Waals surface area contributed by atoms with Gasteiger partial charge in [-0.05, 0) is 30.5 Å². The summed E-state index contributed by atoms with van der Waals surface area (Å²) < 4.78 is 43.6. The molecule has 4 rings (SSSR count). The Morgan fingerprint density at radius 3 is 2.60 bits per heavy atom. The monoisotopic (exact) mass is 456 g/mol. The van der Waals surface area contributed by atoms with Gasteiger partial charge in [0.2, 0.25) is 5.54 Å². The summed E-state index contributed by atoms with van der Waals surface area (Å²) in [6, 6.07) is 2.48. The third kappa shape index (κ3) is 3.73. The summed E-state index contributed by atoms with van der Waals surface area (Å²) in [6.45, 7) is -0.0782. The molecule has 2 aliphatic rings. The summed E-state index contributed by atoms with van der Waals surface area (Å²) in [5.41, 5.74) is -3.42. The van der Waals surface area contributed by atoms with E-state index in [0.717, 1.165) is 25.0 Å². The molecular formula is C19H13Cl2F3N4O2. The van der Waals surface area contributed by atoms with E-state index in [4.69, 9.17) is 23.2 Å². The molecule has 2 amide bonds. The van der Waals surface area contributed by atoms with E-state index in [0.29, 0.717) is 5.56 Å². The molecule has 0 bridgehead atoms. The van der Waals surface area contributed by atoms with Crippen LogP contribution in [0.2, 0.25) is 10.2 Å². The molecule has 2 N–H and O–H groups in total. The molecule has 1 aromatic carbocycles. The normalized spacial score (nSPS) is 20.5. The summed E-state index contributed by atoms with van der Waals surface area (Å²) in [5, 5.41) is 4.29. The predicted octanol–water partition coefficient (Wildman–Crippen LogP) is 3.90. The van der Waals surface area contributed by atoms with Crippen LogP contribution in [0.4, 0.5) is 23.7 Å². The predicted molar refractivity (Wildman–Crippen MR) is 104 cm³/mol. The Morgan fingerprint density at radius 2 is 1.97 bits per heavy atom. The minimum atomic E-state index is -4.89. The molecule has 6 nitrogen and oxygen atoms in total. The number of nitrogens with one attached hydrogen (secondary N) is 2. The standard InChI is InChI=1S/C19H13Cl2F3N4O2/c20-13-6-12-14(5-11(13)8-28-9-25-15(21)7-16(28)29)26-17(30)27-18(12,19(22,23)24)4-3-10-1-2-10/h5-7,9-10H,1-2,8H2,(H2,26,27,30). The summed E-state index contributed by atoms with van der Waals surface area (Å²) >= 11 is 11.9. The highest BCUT2D eigenvalue weighted by Crippen LogP contribution is 2.45. The van der Waals surface area contributed by atoms with Gasteiger partial charge in [-0.15, -0.1) is 0 Å². The largest absolute Gasteiger partial charge is 0.427 e. The number of halogens is 5. The quantitative estimate of drug-likeness (QED) is 0.531. The first-order chi connectivity index (χ1) is 14.1. The number of urea groups is 1. The molecule has 30 heavy (non-hydrogen) atoms. The van der Waals surface area contributed by atoms with Crippen molar-refractivity contribution in [3.63, 3.8) is 0 Å². The van der Waals surface area contributed by atoms with Gasteiger partial charge in [0, 0.05) is 28.3 Å². The van der Waals surface area contributed by atoms with E-state index in [1.807, 2.05) is 5.32 Å². The van der Waals surface area contributed by atoms with Gasteiger partial charge in [0.05, 0.1) is 12.9 Å². The number of anilines is 1. The number of rotatable bonds is 2. The van der Waals surface area contributed by atoms with Crippen LogP contribution in [-0.4, -0.2) is 21.8 Å². The molecule has 0 spiro atoms. The van der Waals surface area contributed by atoms with Crippen molar-refractivity contribution in [2.24, 2.45) is 5.92 Å². The molecule has 1 fully saturated rings. The van der Waals surface area contributed by atoms with Gasteiger partial charge in [-0.25, -0.2) is 9.78 Å². The van der Waals surface area contributed by atoms with Crippen LogP contribution in [0.5, 0.6) is 0 Å². The van der Waals surface area contributed by atoms with E-state index in [1.165, 1.54) is 17.0 Å². The highest BCUT2D eigenvalue weighted by Gasteiger charge is 2.59. The average Bonchev–Trinajstić information content (AvgIpc) is 3.46. The number of nitrogens with zero attached hydrogens (tertiary/aromatic N) is 2. The van der Waals surface area contributed by atoms with Crippen LogP contribution in [0.1, 0.15) is 24.0 Å². The van der Waals surface area contributed by atoms with E-state index >= 15 is 0 Å². The fourth-order valence-electron chi connectivity index (χ4n) is 3.08. The van der Waals surface area contributed by atoms with Crippen molar-refractivity contribution >= 4 is 34.9 Å². The van der Waals surface area contributed by atoms with E-state index in [1.54, 1.807) is 0 Å². The zero-order valence-electron chi connectivity index (χ0n) is 15.1. The first-order valence-electron chi connectivity index (χ1n) is 8.82. The number of amides is 2. The number of aromatic nitrogens is 2. The SMILES string of the molecule is O=C1Nc2cc(Cn3cnc(Cl)cc3=O)c(Cl)cc2C(C#CC2CC2)(C(F)(F)F)N1. The van der Waals surface area contributed by atoms with E-state index in [-0.39, 0.29) is 33.9 Å². The smallest absolute Gasteiger partial charge is 0.310 e. The topological polar surface area (TPSA) is 76.0 Å². The lowest BCUT2D eigenvalue weighted by molar-refractivity contribution is -0.178. The average molecular weight is 457 g/mol. The molecule has 1 unspecified atom stereocenters. The summed E-state index contributed by atoms with van der Waals surface area (Å²) in [7, 11) is 0. The second-order valence-electron chi connectivity index (χ2n) is 7.04. The second-order valence-corrected chi connectivity index (χ2v) is 7.83. The number of hydrogen-bond donors (Lipinski definition) is 2. The van der Waals surface area contributed by atoms with Crippen molar-refractivity contribution in [1.82, 2.24) is 14.9 Å². The van der Waals surface area contributed by atoms with E-state index in [2.05, 4.69) is 22.1 Å². The lowest BCUT2D eigenvalue weighted by atomic mass is 9.85. The van der Waals surface area contributed by atoms with Crippen LogP contribution in [0.25, 0.3) is 0 Å². The van der Waals surface area contributed by atoms with Gasteiger partial charge in [0.25, 0.3) is 5.56 Å². The molecule has 2 aromatic rings. The third-order valence-corrected chi connectivity index (χ3v) is 5.35. The minimum Gasteiger partial charge on any atom is -0.310 e. The number of benzene rings is 1. The number of carbonyl (C=O) groups is 1. The molecule has 156 valence electrons. The molecule has 11 heteroatoms. The molecular weight excluding hydrogens is 444 g/mol. The van der Waals surface area contributed by atoms with Crippen LogP contribution in [0.3, 0.4) is 0 Å². The fourth-order valence-corrected chi connectivity index (χ4v) is 3.44. The first kappa shape index (κ1) is 20.6. The van der Waals surface area contributed by atoms with Crippen LogP contribution in [0, 0.1) is 17.8 Å². The Balaban J connectivity index is 1.82. The maximum atomic E-state index is 14.1. The van der Waals surface area contributed by atoms with Gasteiger partial charge in [-0.1, -0.05) is 35.0 Å². The molecule has 1 aliphatic heterocycles. The maximum absolute atomic E-state index is 14.1. The lowest BCUT2D eigenvalue weighted by Gasteiger charge is -2.37. The van der Waals surface area contributed by atoms with Crippen molar-refractivity contribution in [1.29, 1.82) is 0 Å². The van der Waals surface area contributed by atoms with Crippen molar-refractivity contribution in [2.45, 2.75) is 31.1 Å². The number of alkyl halides is 3. The molecule has 1 aliphatic carbocycles. The molecule has 1 aromatic heterocycles. The van der Waals surface area contributed by atoms with Gasteiger partial charge in [0.15, 0.2) is 0 Å². The van der Waals surface area contributed by atoms with Gasteiger partial charge in [0.1, 0.15) is 5.15 Å². The highest BCUT2D eigenvalue weighted by molar-refractivity contribution is 6.31. The first-order valence-corrected chi connectivity index (χ1v) is 9.58. The Labute approximate surface area is 178 Å². The van der Waals surface area contributed by atoms with Crippen molar-refractivity contribution < 1.29 is 18.0 Å². The zero-order valence-corrected chi connectivity index (χ0v) is 16.6. The molecule has 1 atom stereocenters. The Bertz CT molecular complexity index is 1170. The Kier molecular flexibility index (Phi) is 4.95. The summed E-state index contributed by atoms with van der Waals surface area (Å²) in [5.74, 6) is 4.74. The number of hydrogen-bond acceptors (Lipinski definition) is 3. The van der Waals surface area contributed by atoms with Crippen LogP contribution < -0.4 is 16.2 Å². The van der Waals surface area contributed by atoms with Crippen LogP contribution in [-0.2, 0) is 12.1 Å². The highest BCUT2D eigenvalue weighted by atomic mass is 35.5. The Hall–Kier alpha value is -2.70. The molecule has 0 saturated heterocycles. The molecule has 2 heterocycles. The van der Waals surface area contributed by atoms with Crippen LogP contribution in [0.15, 0.2) is 29.3 Å². The minimum absolute atomic E-state index is 0.00956. The van der Waals surface area contributed by atoms with E-state index < -0.39 is 23.3 Å². The van der Waals surface area contributed by atoms with E-state index in [9.17, 15) is 22.8 Å². The van der Waals surface area contributed by atoms with Gasteiger partial charge in [-0.3, -0.25) is 9.36 Å². The summed E-state index contributed by atoms with van der Waals surface area (Å²) in [6.07, 6.45) is -2.24. The molecule has 1 saturated carbocycles. The Morgan fingerprint density at radius 1 is 1.23 bits per heavy atom. The van der Waals surface area contributed by atoms with Crippen LogP contribution >= 0.6 is 23.2 Å². The van der Waals surface area contributed by atoms with Crippen molar-refractivity contribution in [3.8, 4) is 11.8 Å². The second kappa shape index (κ2) is 7.22. The number of carbonyl (C=O) groups excluding carboxylic acids is 1. The summed E-state index contributed by atoms with van der Waals surface area (Å²) in [4.78, 5) is 27.9. The van der Waals surface area contributed by atoms with Crippen molar-refractivity contribution in [3.05, 3.63) is 56.2 Å². The van der Waals surface area contributed by atoms with Crippen molar-refractivity contribution in [2.75, 3.05) is 5.32 Å². The zero-order chi connectivity index (χ0) is 21.7. The third-order valence-electron chi connectivity index (χ3n) is 4.79. The van der Waals surface area contributed by atoms with Gasteiger partial charge < -0.3 is 10.6 Å². The lowest BCUT2D eigenvalue weighted by Crippen LogP contribution is -2.59. The fraction of sp³-hybridized carbons (Fsp3) is 0.316. The maximum Gasteiger partial charge on any atom is 0.427 e. The van der Waals surface area contributed by atoms with Gasteiger partial charge >= 0.3 is 12.2 Å². The number of fused-ring (bicyclic) bond motifs is 1. The van der Waals surface area contributed by atoms with Gasteiger partial charge in [-0.2, -0.15) is 13.2 Å². The molecule has 0 radical (unpaired) electrons.